The van der Waals surface area contributed by atoms with Gasteiger partial charge in [-0.3, -0.25) is 4.79 Å². The number of hydrogen-bond donors (Lipinski definition) is 1. The van der Waals surface area contributed by atoms with Crippen LogP contribution < -0.4 is 10.5 Å². The van der Waals surface area contributed by atoms with Gasteiger partial charge >= 0.3 is 5.97 Å². The van der Waals surface area contributed by atoms with Crippen molar-refractivity contribution < 1.29 is 14.3 Å². The second kappa shape index (κ2) is 8.07. The Kier molecular flexibility index (Phi) is 6.73. The second-order valence-electron chi connectivity index (χ2n) is 4.20. The lowest BCUT2D eigenvalue weighted by Gasteiger charge is -2.20. The summed E-state index contributed by atoms with van der Waals surface area (Å²) in [5.41, 5.74) is 7.27. The Morgan fingerprint density at radius 3 is 2.47 bits per heavy atom. The Morgan fingerprint density at radius 2 is 1.95 bits per heavy atom. The van der Waals surface area contributed by atoms with Crippen LogP contribution in [0.3, 0.4) is 0 Å². The van der Waals surface area contributed by atoms with E-state index in [1.54, 1.807) is 18.9 Å². The second-order valence-corrected chi connectivity index (χ2v) is 5.69. The van der Waals surface area contributed by atoms with E-state index in [4.69, 9.17) is 10.5 Å². The number of thioether (sulfide) groups is 1. The molecule has 0 amide bonds. The summed E-state index contributed by atoms with van der Waals surface area (Å²) in [4.78, 5) is 11.0. The average molecular weight is 283 g/mol. The molecule has 0 saturated heterocycles. The van der Waals surface area contributed by atoms with Crippen molar-refractivity contribution in [2.45, 2.75) is 24.6 Å². The van der Waals surface area contributed by atoms with Gasteiger partial charge in [-0.05, 0) is 17.7 Å². The van der Waals surface area contributed by atoms with Gasteiger partial charge in [0.1, 0.15) is 5.75 Å². The summed E-state index contributed by atoms with van der Waals surface area (Å²) < 4.78 is 9.72. The maximum Gasteiger partial charge on any atom is 0.306 e. The summed E-state index contributed by atoms with van der Waals surface area (Å²) in [6, 6.07) is 7.69. The number of methoxy groups -OCH3 is 2. The quantitative estimate of drug-likeness (QED) is 0.778. The highest BCUT2D eigenvalue weighted by atomic mass is 32.2. The molecule has 2 atom stereocenters. The summed E-state index contributed by atoms with van der Waals surface area (Å²) in [5, 5.41) is 0.234. The van der Waals surface area contributed by atoms with Crippen LogP contribution >= 0.6 is 11.8 Å². The van der Waals surface area contributed by atoms with Gasteiger partial charge in [-0.2, -0.15) is 11.8 Å². The normalized spacial score (nSPS) is 13.7. The number of benzene rings is 1. The van der Waals surface area contributed by atoms with Gasteiger partial charge in [0.05, 0.1) is 20.6 Å². The minimum atomic E-state index is -0.183. The van der Waals surface area contributed by atoms with E-state index in [1.807, 2.05) is 24.3 Å². The van der Waals surface area contributed by atoms with Crippen molar-refractivity contribution in [3.63, 3.8) is 0 Å². The maximum absolute atomic E-state index is 11.0. The van der Waals surface area contributed by atoms with Crippen LogP contribution in [0.25, 0.3) is 0 Å². The highest BCUT2D eigenvalue weighted by Gasteiger charge is 2.15. The highest BCUT2D eigenvalue weighted by molar-refractivity contribution is 7.99. The summed E-state index contributed by atoms with van der Waals surface area (Å²) in [6.07, 6.45) is 0.417. The predicted molar refractivity (Wildman–Crippen MR) is 78.5 cm³/mol. The first-order valence-electron chi connectivity index (χ1n) is 6.16. The first kappa shape index (κ1) is 15.9. The van der Waals surface area contributed by atoms with Crippen molar-refractivity contribution in [3.8, 4) is 5.75 Å². The number of hydrogen-bond acceptors (Lipinski definition) is 5. The summed E-state index contributed by atoms with van der Waals surface area (Å²) in [7, 11) is 3.04. The average Bonchev–Trinajstić information content (AvgIpc) is 2.46. The lowest BCUT2D eigenvalue weighted by atomic mass is 10.1. The van der Waals surface area contributed by atoms with Crippen LogP contribution in [0.2, 0.25) is 0 Å². The van der Waals surface area contributed by atoms with Crippen LogP contribution in [0.5, 0.6) is 5.75 Å². The predicted octanol–water partition coefficient (Wildman–Crippen LogP) is 2.38. The lowest BCUT2D eigenvalue weighted by molar-refractivity contribution is -0.140. The fourth-order valence-electron chi connectivity index (χ4n) is 1.63. The van der Waals surface area contributed by atoms with Crippen LogP contribution in [-0.4, -0.2) is 31.2 Å². The molecular formula is C14H21NO3S. The van der Waals surface area contributed by atoms with E-state index in [0.717, 1.165) is 17.1 Å². The molecule has 106 valence electrons. The van der Waals surface area contributed by atoms with Crippen LogP contribution in [0, 0.1) is 0 Å². The number of carbonyl (C=O) groups excluding carboxylic acids is 1. The molecule has 0 aliphatic heterocycles. The zero-order valence-electron chi connectivity index (χ0n) is 11.6. The minimum Gasteiger partial charge on any atom is -0.497 e. The fourth-order valence-corrected chi connectivity index (χ4v) is 2.65. The lowest BCUT2D eigenvalue weighted by Crippen LogP contribution is -2.21. The van der Waals surface area contributed by atoms with Gasteiger partial charge in [-0.25, -0.2) is 0 Å². The molecule has 2 unspecified atom stereocenters. The Morgan fingerprint density at radius 1 is 1.32 bits per heavy atom. The third-order valence-corrected chi connectivity index (χ3v) is 4.18. The third-order valence-electron chi connectivity index (χ3n) is 2.92. The van der Waals surface area contributed by atoms with Gasteiger partial charge in [-0.15, -0.1) is 0 Å². The highest BCUT2D eigenvalue weighted by Crippen LogP contribution is 2.26. The number of rotatable bonds is 7. The molecule has 0 aliphatic rings. The van der Waals surface area contributed by atoms with E-state index in [1.165, 1.54) is 7.11 Å². The van der Waals surface area contributed by atoms with E-state index in [0.29, 0.717) is 6.42 Å². The van der Waals surface area contributed by atoms with Gasteiger partial charge in [0.15, 0.2) is 0 Å². The molecule has 0 fully saturated rings. The van der Waals surface area contributed by atoms with Gasteiger partial charge in [0, 0.05) is 17.0 Å². The van der Waals surface area contributed by atoms with Crippen LogP contribution in [-0.2, 0) is 9.53 Å². The number of ether oxygens (including phenoxy) is 2. The van der Waals surface area contributed by atoms with Crippen molar-refractivity contribution in [1.82, 2.24) is 0 Å². The molecule has 1 aromatic carbocycles. The molecule has 4 nitrogen and oxygen atoms in total. The third kappa shape index (κ3) is 5.12. The Labute approximate surface area is 118 Å². The van der Waals surface area contributed by atoms with E-state index in [9.17, 15) is 4.79 Å². The molecule has 1 aromatic rings. The molecule has 0 aliphatic carbocycles. The maximum atomic E-state index is 11.0. The molecule has 0 heterocycles. The zero-order valence-corrected chi connectivity index (χ0v) is 12.4. The largest absolute Gasteiger partial charge is 0.497 e. The van der Waals surface area contributed by atoms with Crippen molar-refractivity contribution >= 4 is 17.7 Å². The van der Waals surface area contributed by atoms with Crippen LogP contribution in [0.15, 0.2) is 24.3 Å². The van der Waals surface area contributed by atoms with Crippen molar-refractivity contribution in [2.75, 3.05) is 20.0 Å². The molecule has 0 radical (unpaired) electrons. The molecule has 0 bridgehead atoms. The van der Waals surface area contributed by atoms with Gasteiger partial charge < -0.3 is 15.2 Å². The first-order valence-corrected chi connectivity index (χ1v) is 7.21. The summed E-state index contributed by atoms with van der Waals surface area (Å²) in [6.45, 7) is 2.07. The molecule has 0 aromatic heterocycles. The number of esters is 1. The van der Waals surface area contributed by atoms with E-state index in [2.05, 4.69) is 11.7 Å². The molecule has 0 spiro atoms. The molecule has 5 heteroatoms. The van der Waals surface area contributed by atoms with Crippen LogP contribution in [0.4, 0.5) is 0 Å². The minimum absolute atomic E-state index is 0.0615. The van der Waals surface area contributed by atoms with Crippen molar-refractivity contribution in [1.29, 1.82) is 0 Å². The van der Waals surface area contributed by atoms with E-state index >= 15 is 0 Å². The number of nitrogens with two attached hydrogens (primary N) is 1. The molecule has 2 N–H and O–H groups in total. The molecule has 19 heavy (non-hydrogen) atoms. The Bertz CT molecular complexity index is 394. The smallest absolute Gasteiger partial charge is 0.306 e. The van der Waals surface area contributed by atoms with Gasteiger partial charge in [0.2, 0.25) is 0 Å². The topological polar surface area (TPSA) is 61.5 Å². The Balaban J connectivity index is 2.46. The summed E-state index contributed by atoms with van der Waals surface area (Å²) >= 11 is 1.68. The summed E-state index contributed by atoms with van der Waals surface area (Å²) in [5.74, 6) is 1.36. The molecular weight excluding hydrogens is 262 g/mol. The Hall–Kier alpha value is -1.20. The molecule has 1 rings (SSSR count). The van der Waals surface area contributed by atoms with Crippen molar-refractivity contribution in [2.24, 2.45) is 5.73 Å². The van der Waals surface area contributed by atoms with E-state index < -0.39 is 0 Å². The monoisotopic (exact) mass is 283 g/mol. The van der Waals surface area contributed by atoms with E-state index in [-0.39, 0.29) is 17.3 Å². The first-order chi connectivity index (χ1) is 9.08. The SMILES string of the molecule is COC(=O)CCSC(C)C(N)c1ccc(OC)cc1. The fraction of sp³-hybridized carbons (Fsp3) is 0.500. The van der Waals surface area contributed by atoms with Crippen LogP contribution in [0.1, 0.15) is 24.9 Å². The standard InChI is InChI=1S/C14H21NO3S/c1-10(19-9-8-13(16)18-3)14(15)11-4-6-12(17-2)7-5-11/h4-7,10,14H,8-9,15H2,1-3H3. The van der Waals surface area contributed by atoms with Crippen molar-refractivity contribution in [3.05, 3.63) is 29.8 Å². The van der Waals surface area contributed by atoms with Gasteiger partial charge in [-0.1, -0.05) is 19.1 Å². The number of carbonyl (C=O) groups is 1. The molecule has 0 saturated carbocycles. The zero-order chi connectivity index (χ0) is 14.3. The van der Waals surface area contributed by atoms with Gasteiger partial charge in [0.25, 0.3) is 0 Å².